The van der Waals surface area contributed by atoms with Crippen molar-refractivity contribution in [2.45, 2.75) is 11.1 Å². The van der Waals surface area contributed by atoms with E-state index in [1.54, 1.807) is 12.1 Å². The van der Waals surface area contributed by atoms with E-state index in [0.29, 0.717) is 5.56 Å². The predicted molar refractivity (Wildman–Crippen MR) is 87.6 cm³/mol. The third kappa shape index (κ3) is 2.03. The lowest BCUT2D eigenvalue weighted by Crippen LogP contribution is -2.24. The van der Waals surface area contributed by atoms with E-state index in [9.17, 15) is 4.39 Å². The number of rotatable bonds is 1. The number of thiol groups is 1. The summed E-state index contributed by atoms with van der Waals surface area (Å²) in [4.78, 5) is 0.743. The molecular formula is C17H13FN2S. The smallest absolute Gasteiger partial charge is 0.130 e. The Balaban J connectivity index is 1.85. The molecule has 4 heteroatoms. The summed E-state index contributed by atoms with van der Waals surface area (Å²) < 4.78 is 14.1. The molecule has 2 N–H and O–H groups in total. The molecule has 1 aliphatic rings. The number of halogens is 1. The molecule has 0 spiro atoms. The van der Waals surface area contributed by atoms with E-state index in [0.717, 1.165) is 27.0 Å². The third-order valence-electron chi connectivity index (χ3n) is 3.79. The van der Waals surface area contributed by atoms with Gasteiger partial charge in [-0.2, -0.15) is 0 Å². The quantitative estimate of drug-likeness (QED) is 0.562. The van der Waals surface area contributed by atoms with Crippen LogP contribution in [0.2, 0.25) is 0 Å². The van der Waals surface area contributed by atoms with Gasteiger partial charge in [-0.25, -0.2) is 4.39 Å². The van der Waals surface area contributed by atoms with E-state index in [1.165, 1.54) is 6.07 Å². The Morgan fingerprint density at radius 3 is 2.24 bits per heavy atom. The number of hydrogen-bond donors (Lipinski definition) is 3. The van der Waals surface area contributed by atoms with Crippen molar-refractivity contribution in [1.82, 2.24) is 0 Å². The van der Waals surface area contributed by atoms with Crippen molar-refractivity contribution in [3.05, 3.63) is 66.0 Å². The average molecular weight is 296 g/mol. The highest BCUT2D eigenvalue weighted by Crippen LogP contribution is 2.38. The van der Waals surface area contributed by atoms with Crippen molar-refractivity contribution >= 4 is 34.8 Å². The highest BCUT2D eigenvalue weighted by atomic mass is 32.1. The average Bonchev–Trinajstić information content (AvgIpc) is 2.50. The fourth-order valence-corrected chi connectivity index (χ4v) is 3.05. The Hall–Kier alpha value is -2.20. The molecule has 3 aromatic carbocycles. The molecule has 3 aromatic rings. The largest absolute Gasteiger partial charge is 0.361 e. The fraction of sp³-hybridized carbons (Fsp3) is 0.0588. The number of hydrogen-bond acceptors (Lipinski definition) is 3. The van der Waals surface area contributed by atoms with E-state index in [1.807, 2.05) is 24.3 Å². The Labute approximate surface area is 127 Å². The summed E-state index contributed by atoms with van der Waals surface area (Å²) in [6.45, 7) is 0. The molecule has 0 atom stereocenters. The van der Waals surface area contributed by atoms with Crippen LogP contribution in [0.5, 0.6) is 0 Å². The zero-order valence-electron chi connectivity index (χ0n) is 11.1. The van der Waals surface area contributed by atoms with Crippen LogP contribution in [0.3, 0.4) is 0 Å². The maximum Gasteiger partial charge on any atom is 0.130 e. The monoisotopic (exact) mass is 296 g/mol. The SMILES string of the molecule is Fc1ccc(S)cc1C1Nc2cccc3cccc(c23)N1. The summed E-state index contributed by atoms with van der Waals surface area (Å²) >= 11 is 4.30. The first-order chi connectivity index (χ1) is 10.2. The highest BCUT2D eigenvalue weighted by molar-refractivity contribution is 7.80. The van der Waals surface area contributed by atoms with Gasteiger partial charge in [0.1, 0.15) is 12.0 Å². The molecular weight excluding hydrogens is 283 g/mol. The molecule has 0 amide bonds. The van der Waals surface area contributed by atoms with Gasteiger partial charge in [-0.1, -0.05) is 24.3 Å². The summed E-state index contributed by atoms with van der Waals surface area (Å²) in [7, 11) is 0. The standard InChI is InChI=1S/C17H13FN2S/c18-13-8-7-11(21)9-12(13)17-19-14-5-1-3-10-4-2-6-15(20-17)16(10)14/h1-9,17,19-21H. The van der Waals surface area contributed by atoms with Crippen LogP contribution in [-0.4, -0.2) is 0 Å². The lowest BCUT2D eigenvalue weighted by molar-refractivity contribution is 0.600. The molecule has 0 radical (unpaired) electrons. The van der Waals surface area contributed by atoms with Gasteiger partial charge in [0.15, 0.2) is 0 Å². The minimum atomic E-state index is -0.308. The van der Waals surface area contributed by atoms with Gasteiger partial charge in [-0.3, -0.25) is 0 Å². The van der Waals surface area contributed by atoms with Gasteiger partial charge in [0, 0.05) is 27.2 Å². The van der Waals surface area contributed by atoms with Gasteiger partial charge < -0.3 is 10.6 Å². The molecule has 0 unspecified atom stereocenters. The molecule has 4 rings (SSSR count). The summed E-state index contributed by atoms with van der Waals surface area (Å²) in [5.41, 5.74) is 2.58. The lowest BCUT2D eigenvalue weighted by Gasteiger charge is -2.30. The predicted octanol–water partition coefficient (Wildman–Crippen LogP) is 4.80. The van der Waals surface area contributed by atoms with Crippen molar-refractivity contribution in [2.75, 3.05) is 10.6 Å². The zero-order valence-corrected chi connectivity index (χ0v) is 12.0. The second kappa shape index (κ2) is 4.67. The topological polar surface area (TPSA) is 24.1 Å². The van der Waals surface area contributed by atoms with Crippen molar-refractivity contribution in [3.63, 3.8) is 0 Å². The van der Waals surface area contributed by atoms with E-state index >= 15 is 0 Å². The van der Waals surface area contributed by atoms with E-state index in [2.05, 4.69) is 35.4 Å². The molecule has 0 saturated heterocycles. The molecule has 21 heavy (non-hydrogen) atoms. The van der Waals surface area contributed by atoms with Crippen LogP contribution < -0.4 is 10.6 Å². The van der Waals surface area contributed by atoms with E-state index < -0.39 is 0 Å². The maximum atomic E-state index is 14.1. The molecule has 0 bridgehead atoms. The number of benzene rings is 3. The van der Waals surface area contributed by atoms with Crippen molar-refractivity contribution in [2.24, 2.45) is 0 Å². The van der Waals surface area contributed by atoms with Gasteiger partial charge in [-0.05, 0) is 35.7 Å². The van der Waals surface area contributed by atoms with Crippen LogP contribution in [0.15, 0.2) is 59.5 Å². The van der Waals surface area contributed by atoms with Crippen molar-refractivity contribution in [1.29, 1.82) is 0 Å². The van der Waals surface area contributed by atoms with Crippen molar-refractivity contribution in [3.8, 4) is 0 Å². The molecule has 0 fully saturated rings. The molecule has 104 valence electrons. The number of nitrogens with one attached hydrogen (secondary N) is 2. The van der Waals surface area contributed by atoms with Crippen LogP contribution >= 0.6 is 12.6 Å². The van der Waals surface area contributed by atoms with Gasteiger partial charge in [0.25, 0.3) is 0 Å². The highest BCUT2D eigenvalue weighted by Gasteiger charge is 2.22. The van der Waals surface area contributed by atoms with Gasteiger partial charge in [-0.15, -0.1) is 12.6 Å². The van der Waals surface area contributed by atoms with E-state index in [-0.39, 0.29) is 12.0 Å². The molecule has 1 heterocycles. The molecule has 2 nitrogen and oxygen atoms in total. The summed E-state index contributed by atoms with van der Waals surface area (Å²) in [6.07, 6.45) is -0.308. The molecule has 1 aliphatic heterocycles. The Morgan fingerprint density at radius 1 is 0.905 bits per heavy atom. The van der Waals surface area contributed by atoms with Gasteiger partial charge in [0.2, 0.25) is 0 Å². The van der Waals surface area contributed by atoms with Crippen LogP contribution in [0.4, 0.5) is 15.8 Å². The normalized spacial score (nSPS) is 13.8. The molecule has 0 aliphatic carbocycles. The second-order valence-electron chi connectivity index (χ2n) is 5.14. The lowest BCUT2D eigenvalue weighted by atomic mass is 10.0. The summed E-state index contributed by atoms with van der Waals surface area (Å²) in [5.74, 6) is -0.246. The molecule has 0 aromatic heterocycles. The summed E-state index contributed by atoms with van der Waals surface area (Å²) in [6, 6.07) is 17.0. The van der Waals surface area contributed by atoms with Crippen LogP contribution in [0.1, 0.15) is 11.7 Å². The molecule has 0 saturated carbocycles. The maximum absolute atomic E-state index is 14.1. The summed E-state index contributed by atoms with van der Waals surface area (Å²) in [5, 5.41) is 9.02. The first-order valence-corrected chi connectivity index (χ1v) is 7.20. The van der Waals surface area contributed by atoms with E-state index in [4.69, 9.17) is 0 Å². The van der Waals surface area contributed by atoms with Crippen LogP contribution in [-0.2, 0) is 0 Å². The van der Waals surface area contributed by atoms with Crippen molar-refractivity contribution < 1.29 is 4.39 Å². The minimum absolute atomic E-state index is 0.246. The van der Waals surface area contributed by atoms with Gasteiger partial charge >= 0.3 is 0 Å². The fourth-order valence-electron chi connectivity index (χ4n) is 2.84. The van der Waals surface area contributed by atoms with Crippen LogP contribution in [0.25, 0.3) is 10.8 Å². The minimum Gasteiger partial charge on any atom is -0.361 e. The second-order valence-corrected chi connectivity index (χ2v) is 5.65. The first-order valence-electron chi connectivity index (χ1n) is 6.75. The zero-order chi connectivity index (χ0) is 14.4. The Bertz CT molecular complexity index is 807. The first kappa shape index (κ1) is 12.5. The number of anilines is 2. The third-order valence-corrected chi connectivity index (χ3v) is 4.07. The van der Waals surface area contributed by atoms with Crippen LogP contribution in [0, 0.1) is 5.82 Å². The Kier molecular flexibility index (Phi) is 2.79. The Morgan fingerprint density at radius 2 is 1.57 bits per heavy atom. The van der Waals surface area contributed by atoms with Gasteiger partial charge in [0.05, 0.1) is 0 Å².